The molecule has 3 aromatic carbocycles. The van der Waals surface area contributed by atoms with Crippen molar-refractivity contribution in [2.75, 3.05) is 14.2 Å². The van der Waals surface area contributed by atoms with E-state index in [2.05, 4.69) is 15.5 Å². The van der Waals surface area contributed by atoms with Crippen LogP contribution in [0, 0.1) is 11.7 Å². The molecule has 10 nitrogen and oxygen atoms in total. The molecule has 41 heavy (non-hydrogen) atoms. The number of tetrazole rings is 1. The SMILES string of the molecule is COC(=O)[C@H]1CC[C@H](N(Cc2cc(-n3cnnn3)ccc2OC)C(=O)OCc2ccccc2)[C@@H]1c1ccc(F)cc1. The van der Waals surface area contributed by atoms with E-state index in [0.29, 0.717) is 29.8 Å². The summed E-state index contributed by atoms with van der Waals surface area (Å²) in [5, 5.41) is 11.4. The number of methoxy groups -OCH3 is 2. The molecular formula is C30H30FN5O5. The fraction of sp³-hybridized carbons (Fsp3) is 0.300. The Labute approximate surface area is 236 Å². The minimum Gasteiger partial charge on any atom is -0.496 e. The van der Waals surface area contributed by atoms with E-state index in [-0.39, 0.29) is 24.9 Å². The van der Waals surface area contributed by atoms with Crippen LogP contribution in [0.15, 0.2) is 79.1 Å². The quantitative estimate of drug-likeness (QED) is 0.272. The second-order valence-electron chi connectivity index (χ2n) is 9.77. The summed E-state index contributed by atoms with van der Waals surface area (Å²) < 4.78 is 31.9. The third kappa shape index (κ3) is 6.19. The molecule has 1 aliphatic rings. The summed E-state index contributed by atoms with van der Waals surface area (Å²) in [7, 11) is 2.90. The van der Waals surface area contributed by atoms with Gasteiger partial charge in [-0.15, -0.1) is 5.10 Å². The number of ether oxygens (including phenoxy) is 3. The molecule has 11 heteroatoms. The van der Waals surface area contributed by atoms with Gasteiger partial charge < -0.3 is 19.1 Å². The maximum Gasteiger partial charge on any atom is 0.410 e. The third-order valence-electron chi connectivity index (χ3n) is 7.44. The van der Waals surface area contributed by atoms with Crippen molar-refractivity contribution in [1.29, 1.82) is 0 Å². The molecule has 0 spiro atoms. The highest BCUT2D eigenvalue weighted by Gasteiger charge is 2.46. The van der Waals surface area contributed by atoms with Gasteiger partial charge in [0.2, 0.25) is 0 Å². The fourth-order valence-electron chi connectivity index (χ4n) is 5.50. The average molecular weight is 560 g/mol. The molecule has 0 saturated heterocycles. The molecular weight excluding hydrogens is 529 g/mol. The number of halogens is 1. The maximum atomic E-state index is 13.9. The van der Waals surface area contributed by atoms with E-state index >= 15 is 0 Å². The third-order valence-corrected chi connectivity index (χ3v) is 7.44. The number of amides is 1. The van der Waals surface area contributed by atoms with E-state index in [1.807, 2.05) is 36.4 Å². The van der Waals surface area contributed by atoms with Crippen LogP contribution in [0.25, 0.3) is 5.69 Å². The molecule has 1 aromatic heterocycles. The Kier molecular flexibility index (Phi) is 8.52. The molecule has 5 rings (SSSR count). The molecule has 0 aliphatic heterocycles. The van der Waals surface area contributed by atoms with Crippen LogP contribution in [0.4, 0.5) is 9.18 Å². The number of carbonyl (C=O) groups is 2. The molecule has 0 N–H and O–H groups in total. The van der Waals surface area contributed by atoms with Gasteiger partial charge in [-0.3, -0.25) is 4.79 Å². The summed E-state index contributed by atoms with van der Waals surface area (Å²) in [5.41, 5.74) is 2.95. The first-order valence-electron chi connectivity index (χ1n) is 13.2. The number of hydrogen-bond donors (Lipinski definition) is 0. The molecule has 4 aromatic rings. The summed E-state index contributed by atoms with van der Waals surface area (Å²) in [6.07, 6.45) is 1.92. The Morgan fingerprint density at radius 3 is 2.49 bits per heavy atom. The molecule has 3 atom stereocenters. The first-order chi connectivity index (χ1) is 20.0. The highest BCUT2D eigenvalue weighted by molar-refractivity contribution is 5.75. The molecule has 1 fully saturated rings. The predicted molar refractivity (Wildman–Crippen MR) is 146 cm³/mol. The standard InChI is InChI=1S/C30H30FN5O5/c1-39-27-15-12-24(36-19-32-33-34-36)16-22(27)17-35(30(38)41-18-20-6-4-3-5-7-20)26-14-13-25(29(37)40-2)28(26)21-8-10-23(31)11-9-21/h3-12,15-16,19,25-26,28H,13-14,17-18H2,1-2H3/t25-,26-,28+/m0/s1. The van der Waals surface area contributed by atoms with Gasteiger partial charge in [-0.1, -0.05) is 42.5 Å². The lowest BCUT2D eigenvalue weighted by molar-refractivity contribution is -0.145. The van der Waals surface area contributed by atoms with Gasteiger partial charge in [0.25, 0.3) is 0 Å². The lowest BCUT2D eigenvalue weighted by Crippen LogP contribution is -2.43. The van der Waals surface area contributed by atoms with Gasteiger partial charge in [0.1, 0.15) is 24.5 Å². The molecule has 1 heterocycles. The van der Waals surface area contributed by atoms with Crippen LogP contribution in [0.2, 0.25) is 0 Å². The monoisotopic (exact) mass is 559 g/mol. The number of hydrogen-bond acceptors (Lipinski definition) is 8. The van der Waals surface area contributed by atoms with Crippen LogP contribution in [-0.4, -0.2) is 57.4 Å². The van der Waals surface area contributed by atoms with Gasteiger partial charge in [0.15, 0.2) is 0 Å². The summed E-state index contributed by atoms with van der Waals surface area (Å²) in [5.74, 6) is -1.17. The normalized spacial score (nSPS) is 18.1. The van der Waals surface area contributed by atoms with E-state index in [0.717, 1.165) is 11.1 Å². The Morgan fingerprint density at radius 1 is 1.02 bits per heavy atom. The zero-order valence-electron chi connectivity index (χ0n) is 22.7. The van der Waals surface area contributed by atoms with Gasteiger partial charge in [-0.2, -0.15) is 0 Å². The Hall–Kier alpha value is -4.80. The van der Waals surface area contributed by atoms with Crippen molar-refractivity contribution in [3.05, 3.63) is 102 Å². The highest BCUT2D eigenvalue weighted by atomic mass is 19.1. The van der Waals surface area contributed by atoms with Crippen molar-refractivity contribution < 1.29 is 28.2 Å². The summed E-state index contributed by atoms with van der Waals surface area (Å²) in [6, 6.07) is 20.4. The average Bonchev–Trinajstić information content (AvgIpc) is 3.70. The van der Waals surface area contributed by atoms with Crippen LogP contribution in [0.3, 0.4) is 0 Å². The number of benzene rings is 3. The van der Waals surface area contributed by atoms with Crippen LogP contribution >= 0.6 is 0 Å². The molecule has 1 saturated carbocycles. The lowest BCUT2D eigenvalue weighted by atomic mass is 9.85. The van der Waals surface area contributed by atoms with Crippen molar-refractivity contribution in [2.24, 2.45) is 5.92 Å². The smallest absolute Gasteiger partial charge is 0.410 e. The number of esters is 1. The van der Waals surface area contributed by atoms with Gasteiger partial charge in [-0.05, 0) is 64.7 Å². The largest absolute Gasteiger partial charge is 0.496 e. The van der Waals surface area contributed by atoms with Crippen molar-refractivity contribution in [2.45, 2.75) is 38.0 Å². The number of carbonyl (C=O) groups excluding carboxylic acids is 2. The molecule has 1 amide bonds. The first kappa shape index (κ1) is 27.8. The van der Waals surface area contributed by atoms with E-state index in [9.17, 15) is 14.0 Å². The van der Waals surface area contributed by atoms with Crippen LogP contribution in [0.1, 0.15) is 35.4 Å². The van der Waals surface area contributed by atoms with Gasteiger partial charge >= 0.3 is 12.1 Å². The predicted octanol–water partition coefficient (Wildman–Crippen LogP) is 4.68. The van der Waals surface area contributed by atoms with Gasteiger partial charge in [0, 0.05) is 17.5 Å². The second kappa shape index (κ2) is 12.6. The van der Waals surface area contributed by atoms with Crippen molar-refractivity contribution in [1.82, 2.24) is 25.1 Å². The number of rotatable bonds is 9. The first-order valence-corrected chi connectivity index (χ1v) is 13.2. The molecule has 212 valence electrons. The topological polar surface area (TPSA) is 109 Å². The molecule has 0 bridgehead atoms. The van der Waals surface area contributed by atoms with Crippen LogP contribution < -0.4 is 4.74 Å². The summed E-state index contributed by atoms with van der Waals surface area (Å²) in [4.78, 5) is 28.3. The maximum absolute atomic E-state index is 13.9. The fourth-order valence-corrected chi connectivity index (χ4v) is 5.50. The van der Waals surface area contributed by atoms with Gasteiger partial charge in [-0.25, -0.2) is 13.9 Å². The Morgan fingerprint density at radius 2 is 1.80 bits per heavy atom. The minimum atomic E-state index is -0.550. The molecule has 1 aliphatic carbocycles. The van der Waals surface area contributed by atoms with Crippen molar-refractivity contribution in [3.63, 3.8) is 0 Å². The number of aromatic nitrogens is 4. The minimum absolute atomic E-state index is 0.0757. The van der Waals surface area contributed by atoms with Gasteiger partial charge in [0.05, 0.1) is 32.4 Å². The van der Waals surface area contributed by atoms with E-state index in [1.54, 1.807) is 36.3 Å². The van der Waals surface area contributed by atoms with E-state index in [4.69, 9.17) is 14.2 Å². The highest BCUT2D eigenvalue weighted by Crippen LogP contribution is 2.44. The van der Waals surface area contributed by atoms with Crippen molar-refractivity contribution >= 4 is 12.1 Å². The summed E-state index contributed by atoms with van der Waals surface area (Å²) in [6.45, 7) is 0.190. The van der Waals surface area contributed by atoms with Crippen molar-refractivity contribution in [3.8, 4) is 11.4 Å². The molecule has 0 unspecified atom stereocenters. The zero-order chi connectivity index (χ0) is 28.8. The van der Waals surface area contributed by atoms with E-state index < -0.39 is 24.0 Å². The second-order valence-corrected chi connectivity index (χ2v) is 9.77. The molecule has 0 radical (unpaired) electrons. The number of nitrogens with zero attached hydrogens (tertiary/aromatic N) is 5. The van der Waals surface area contributed by atoms with Crippen LogP contribution in [0.5, 0.6) is 5.75 Å². The zero-order valence-corrected chi connectivity index (χ0v) is 22.7. The van der Waals surface area contributed by atoms with Crippen LogP contribution in [-0.2, 0) is 27.4 Å². The Balaban J connectivity index is 1.53. The summed E-state index contributed by atoms with van der Waals surface area (Å²) >= 11 is 0. The lowest BCUT2D eigenvalue weighted by Gasteiger charge is -2.34. The Bertz CT molecular complexity index is 1470. The van der Waals surface area contributed by atoms with E-state index in [1.165, 1.54) is 30.3 Å².